The summed E-state index contributed by atoms with van der Waals surface area (Å²) < 4.78 is 5.25. The Morgan fingerprint density at radius 3 is 2.42 bits per heavy atom. The van der Waals surface area contributed by atoms with Crippen LogP contribution in [0.2, 0.25) is 0 Å². The Hall–Kier alpha value is -1.46. The second kappa shape index (κ2) is 5.27. The summed E-state index contributed by atoms with van der Waals surface area (Å²) in [6, 6.07) is 6.96. The van der Waals surface area contributed by atoms with Crippen LogP contribution in [-0.2, 0) is 4.74 Å². The fourth-order valence-electron chi connectivity index (χ4n) is 2.74. The van der Waals surface area contributed by atoms with Crippen molar-refractivity contribution in [2.45, 2.75) is 24.9 Å². The van der Waals surface area contributed by atoms with Gasteiger partial charge in [0.1, 0.15) is 0 Å². The number of hydrogen-bond acceptors (Lipinski definition) is 5. The highest BCUT2D eigenvalue weighted by atomic mass is 16.5. The van der Waals surface area contributed by atoms with Crippen LogP contribution in [0.15, 0.2) is 18.2 Å². The molecule has 2 aliphatic heterocycles. The summed E-state index contributed by atoms with van der Waals surface area (Å²) in [6.45, 7) is 4.12. The number of nitrogens with two attached hydrogens (primary N) is 2. The average molecular weight is 262 g/mol. The summed E-state index contributed by atoms with van der Waals surface area (Å²) in [4.78, 5) is 2.54. The van der Waals surface area contributed by atoms with Crippen LogP contribution in [0.3, 0.4) is 0 Å². The third kappa shape index (κ3) is 2.77. The normalized spacial score (nSPS) is 22.1. The maximum atomic E-state index is 5.83. The Kier molecular flexibility index (Phi) is 3.48. The Morgan fingerprint density at radius 2 is 1.84 bits per heavy atom. The van der Waals surface area contributed by atoms with E-state index in [4.69, 9.17) is 16.2 Å². The molecule has 0 aliphatic carbocycles. The van der Waals surface area contributed by atoms with Gasteiger partial charge in [0.2, 0.25) is 0 Å². The zero-order valence-corrected chi connectivity index (χ0v) is 11.1. The molecule has 0 radical (unpaired) electrons. The number of rotatable bonds is 3. The van der Waals surface area contributed by atoms with E-state index in [0.29, 0.717) is 23.5 Å². The molecule has 1 aromatic carbocycles. The van der Waals surface area contributed by atoms with Crippen molar-refractivity contribution >= 4 is 17.1 Å². The third-order valence-corrected chi connectivity index (χ3v) is 4.12. The molecular formula is C14H22N4O. The summed E-state index contributed by atoms with van der Waals surface area (Å²) >= 11 is 0. The summed E-state index contributed by atoms with van der Waals surface area (Å²) in [5.41, 5.74) is 13.9. The molecule has 19 heavy (non-hydrogen) atoms. The first-order chi connectivity index (χ1) is 9.22. The Labute approximate surface area is 113 Å². The highest BCUT2D eigenvalue weighted by Crippen LogP contribution is 2.23. The fourth-order valence-corrected chi connectivity index (χ4v) is 2.74. The lowest BCUT2D eigenvalue weighted by Gasteiger charge is -2.41. The van der Waals surface area contributed by atoms with Gasteiger partial charge in [-0.15, -0.1) is 0 Å². The van der Waals surface area contributed by atoms with Crippen molar-refractivity contribution in [3.8, 4) is 0 Å². The van der Waals surface area contributed by atoms with E-state index in [-0.39, 0.29) is 0 Å². The van der Waals surface area contributed by atoms with E-state index in [9.17, 15) is 0 Å². The van der Waals surface area contributed by atoms with E-state index in [1.54, 1.807) is 0 Å². The molecule has 2 aliphatic rings. The van der Waals surface area contributed by atoms with Crippen molar-refractivity contribution in [2.24, 2.45) is 0 Å². The lowest BCUT2D eigenvalue weighted by atomic mass is 10.0. The predicted octanol–water partition coefficient (Wildman–Crippen LogP) is 1.13. The molecule has 3 rings (SSSR count). The lowest BCUT2D eigenvalue weighted by Crippen LogP contribution is -2.53. The van der Waals surface area contributed by atoms with Crippen LogP contribution in [0.5, 0.6) is 0 Å². The number of piperidine rings is 1. The minimum atomic E-state index is 0.528. The molecule has 0 aromatic heterocycles. The maximum absolute atomic E-state index is 5.83. The van der Waals surface area contributed by atoms with Gasteiger partial charge in [0.05, 0.1) is 30.6 Å². The number of anilines is 3. The molecule has 5 N–H and O–H groups in total. The van der Waals surface area contributed by atoms with Crippen LogP contribution in [0.25, 0.3) is 0 Å². The number of nitrogens with zero attached hydrogens (tertiary/aromatic N) is 1. The monoisotopic (exact) mass is 262 g/mol. The standard InChI is InChI=1S/C14H22N4O/c15-13-2-1-11(7-14(13)16)17-10-3-5-18(6-4-10)12-8-19-9-12/h1-2,7,10,12,17H,3-6,8-9,15-16H2. The highest BCUT2D eigenvalue weighted by Gasteiger charge is 2.29. The third-order valence-electron chi connectivity index (χ3n) is 4.12. The maximum Gasteiger partial charge on any atom is 0.0645 e. The minimum absolute atomic E-state index is 0.528. The zero-order chi connectivity index (χ0) is 13.2. The van der Waals surface area contributed by atoms with Crippen molar-refractivity contribution in [1.29, 1.82) is 0 Å². The van der Waals surface area contributed by atoms with E-state index >= 15 is 0 Å². The van der Waals surface area contributed by atoms with Gasteiger partial charge < -0.3 is 21.5 Å². The van der Waals surface area contributed by atoms with E-state index in [1.807, 2.05) is 18.2 Å². The molecule has 0 amide bonds. The molecule has 5 nitrogen and oxygen atoms in total. The van der Waals surface area contributed by atoms with Crippen LogP contribution in [0.4, 0.5) is 17.1 Å². The summed E-state index contributed by atoms with van der Waals surface area (Å²) in [5, 5.41) is 3.55. The number of nitrogens with one attached hydrogen (secondary N) is 1. The number of nitrogen functional groups attached to an aromatic ring is 2. The second-order valence-electron chi connectivity index (χ2n) is 5.49. The van der Waals surface area contributed by atoms with E-state index in [1.165, 1.54) is 12.8 Å². The molecule has 104 valence electrons. The Morgan fingerprint density at radius 1 is 1.11 bits per heavy atom. The van der Waals surface area contributed by atoms with E-state index in [0.717, 1.165) is 32.0 Å². The SMILES string of the molecule is Nc1ccc(NC2CCN(C3COC3)CC2)cc1N. The second-order valence-corrected chi connectivity index (χ2v) is 5.49. The van der Waals surface area contributed by atoms with E-state index in [2.05, 4.69) is 10.2 Å². The molecule has 0 saturated carbocycles. The van der Waals surface area contributed by atoms with Crippen LogP contribution in [-0.4, -0.2) is 43.3 Å². The molecule has 2 fully saturated rings. The van der Waals surface area contributed by atoms with Gasteiger partial charge in [0, 0.05) is 24.8 Å². The summed E-state index contributed by atoms with van der Waals surface area (Å²) in [5.74, 6) is 0. The number of ether oxygens (including phenoxy) is 1. The fraction of sp³-hybridized carbons (Fsp3) is 0.571. The van der Waals surface area contributed by atoms with Crippen molar-refractivity contribution < 1.29 is 4.74 Å². The number of benzene rings is 1. The lowest BCUT2D eigenvalue weighted by molar-refractivity contribution is -0.0705. The van der Waals surface area contributed by atoms with Gasteiger partial charge in [-0.25, -0.2) is 0 Å². The molecule has 0 atom stereocenters. The average Bonchev–Trinajstić information content (AvgIpc) is 2.34. The Balaban J connectivity index is 1.52. The van der Waals surface area contributed by atoms with Crippen LogP contribution in [0.1, 0.15) is 12.8 Å². The van der Waals surface area contributed by atoms with Gasteiger partial charge in [-0.05, 0) is 31.0 Å². The van der Waals surface area contributed by atoms with Gasteiger partial charge in [-0.1, -0.05) is 0 Å². The molecule has 2 heterocycles. The molecular weight excluding hydrogens is 240 g/mol. The highest BCUT2D eigenvalue weighted by molar-refractivity contribution is 5.69. The number of likely N-dealkylation sites (tertiary alicyclic amines) is 1. The molecule has 0 unspecified atom stereocenters. The zero-order valence-electron chi connectivity index (χ0n) is 11.1. The van der Waals surface area contributed by atoms with E-state index < -0.39 is 0 Å². The summed E-state index contributed by atoms with van der Waals surface area (Å²) in [7, 11) is 0. The van der Waals surface area contributed by atoms with Crippen molar-refractivity contribution in [3.05, 3.63) is 18.2 Å². The molecule has 5 heteroatoms. The molecule has 0 spiro atoms. The van der Waals surface area contributed by atoms with Gasteiger partial charge in [0.15, 0.2) is 0 Å². The van der Waals surface area contributed by atoms with Gasteiger partial charge >= 0.3 is 0 Å². The van der Waals surface area contributed by atoms with Crippen LogP contribution in [0, 0.1) is 0 Å². The molecule has 1 aromatic rings. The molecule has 0 bridgehead atoms. The van der Waals surface area contributed by atoms with Crippen molar-refractivity contribution in [2.75, 3.05) is 43.1 Å². The smallest absolute Gasteiger partial charge is 0.0645 e. The molecule has 2 saturated heterocycles. The van der Waals surface area contributed by atoms with Crippen molar-refractivity contribution in [1.82, 2.24) is 4.90 Å². The van der Waals surface area contributed by atoms with Crippen LogP contribution >= 0.6 is 0 Å². The van der Waals surface area contributed by atoms with Crippen LogP contribution < -0.4 is 16.8 Å². The largest absolute Gasteiger partial charge is 0.397 e. The Bertz CT molecular complexity index is 439. The quantitative estimate of drug-likeness (QED) is 0.712. The first kappa shape index (κ1) is 12.6. The first-order valence-corrected chi connectivity index (χ1v) is 6.96. The van der Waals surface area contributed by atoms with Gasteiger partial charge in [-0.2, -0.15) is 0 Å². The topological polar surface area (TPSA) is 76.5 Å². The van der Waals surface area contributed by atoms with Crippen molar-refractivity contribution in [3.63, 3.8) is 0 Å². The summed E-state index contributed by atoms with van der Waals surface area (Å²) in [6.07, 6.45) is 2.33. The first-order valence-electron chi connectivity index (χ1n) is 6.96. The minimum Gasteiger partial charge on any atom is -0.397 e. The van der Waals surface area contributed by atoms with Gasteiger partial charge in [0.25, 0.3) is 0 Å². The number of hydrogen-bond donors (Lipinski definition) is 3. The van der Waals surface area contributed by atoms with Gasteiger partial charge in [-0.3, -0.25) is 4.90 Å². The predicted molar refractivity (Wildman–Crippen MR) is 78.1 cm³/mol.